The van der Waals surface area contributed by atoms with Crippen molar-refractivity contribution in [2.24, 2.45) is 0 Å². The van der Waals surface area contributed by atoms with Crippen LogP contribution in [0.25, 0.3) is 0 Å². The molecule has 0 unspecified atom stereocenters. The van der Waals surface area contributed by atoms with Crippen molar-refractivity contribution in [2.45, 2.75) is 65.3 Å². The lowest BCUT2D eigenvalue weighted by Gasteiger charge is -2.37. The average Bonchev–Trinajstić information content (AvgIpc) is 2.38. The maximum absolute atomic E-state index is 12.3. The first-order chi connectivity index (χ1) is 10.6. The van der Waals surface area contributed by atoms with Gasteiger partial charge in [-0.05, 0) is 38.9 Å². The van der Waals surface area contributed by atoms with Gasteiger partial charge in [0.25, 0.3) is 0 Å². The molecule has 24 heavy (non-hydrogen) atoms. The Morgan fingerprint density at radius 2 is 1.54 bits per heavy atom. The van der Waals surface area contributed by atoms with Crippen LogP contribution in [0.5, 0.6) is 0 Å². The predicted molar refractivity (Wildman–Crippen MR) is 96.3 cm³/mol. The molecule has 0 aromatic rings. The van der Waals surface area contributed by atoms with E-state index in [0.29, 0.717) is 0 Å². The van der Waals surface area contributed by atoms with Gasteiger partial charge in [-0.15, -0.1) is 0 Å². The summed E-state index contributed by atoms with van der Waals surface area (Å²) in [5.74, 6) is 0. The second kappa shape index (κ2) is 8.31. The highest BCUT2D eigenvalue weighted by Crippen LogP contribution is 2.36. The summed E-state index contributed by atoms with van der Waals surface area (Å²) in [5, 5.41) is 1.04. The van der Waals surface area contributed by atoms with Crippen LogP contribution in [-0.2, 0) is 14.0 Å². The lowest BCUT2D eigenvalue weighted by Crippen LogP contribution is -2.49. The number of urea groups is 1. The maximum atomic E-state index is 12.3. The zero-order chi connectivity index (χ0) is 19.3. The molecule has 0 atom stereocenters. The number of hydroxylamine groups is 2. The number of hydrogen-bond acceptors (Lipinski definition) is 5. The molecule has 0 aromatic carbocycles. The van der Waals surface area contributed by atoms with Crippen LogP contribution in [0.2, 0.25) is 18.1 Å². The minimum atomic E-state index is -1.96. The van der Waals surface area contributed by atoms with Crippen molar-refractivity contribution in [3.8, 4) is 0 Å². The Hall–Kier alpha value is -1.12. The van der Waals surface area contributed by atoms with Gasteiger partial charge in [0.15, 0.2) is 8.32 Å². The standard InChI is InChI=1S/C16H34N2O5Si/c1-15(2,3)23-14(20)18(13(19)17(7)21-8)11-12-22-24(9,10)16(4,5)6/h11-12H2,1-10H3. The number of hydrogen-bond donors (Lipinski definition) is 0. The Morgan fingerprint density at radius 1 is 1.04 bits per heavy atom. The normalized spacial score (nSPS) is 12.8. The number of carbonyl (C=O) groups is 2. The van der Waals surface area contributed by atoms with Crippen molar-refractivity contribution in [3.63, 3.8) is 0 Å². The molecule has 7 nitrogen and oxygen atoms in total. The van der Waals surface area contributed by atoms with Crippen molar-refractivity contribution in [1.29, 1.82) is 0 Å². The fraction of sp³-hybridized carbons (Fsp3) is 0.875. The Kier molecular flexibility index (Phi) is 7.92. The molecule has 0 aromatic heterocycles. The molecule has 0 heterocycles. The SMILES string of the molecule is CON(C)C(=O)N(CCO[Si](C)(C)C(C)(C)C)C(=O)OC(C)(C)C. The lowest BCUT2D eigenvalue weighted by molar-refractivity contribution is -0.0773. The minimum absolute atomic E-state index is 0.0527. The molecule has 8 heteroatoms. The predicted octanol–water partition coefficient (Wildman–Crippen LogP) is 3.86. The molecule has 0 radical (unpaired) electrons. The second-order valence-electron chi connectivity index (χ2n) is 8.20. The summed E-state index contributed by atoms with van der Waals surface area (Å²) in [7, 11) is 0.839. The monoisotopic (exact) mass is 362 g/mol. The van der Waals surface area contributed by atoms with Gasteiger partial charge >= 0.3 is 12.1 Å². The van der Waals surface area contributed by atoms with E-state index in [1.54, 1.807) is 20.8 Å². The maximum Gasteiger partial charge on any atom is 0.418 e. The summed E-state index contributed by atoms with van der Waals surface area (Å²) in [6.07, 6.45) is -0.713. The Bertz CT molecular complexity index is 441. The van der Waals surface area contributed by atoms with Crippen molar-refractivity contribution in [2.75, 3.05) is 27.3 Å². The minimum Gasteiger partial charge on any atom is -0.443 e. The first-order valence-electron chi connectivity index (χ1n) is 8.08. The van der Waals surface area contributed by atoms with Crippen LogP contribution in [-0.4, -0.2) is 63.3 Å². The third-order valence-electron chi connectivity index (χ3n) is 3.97. The summed E-state index contributed by atoms with van der Waals surface area (Å²) in [5.41, 5.74) is -0.693. The van der Waals surface area contributed by atoms with Crippen molar-refractivity contribution in [3.05, 3.63) is 0 Å². The first-order valence-corrected chi connectivity index (χ1v) is 11.0. The van der Waals surface area contributed by atoms with E-state index in [2.05, 4.69) is 33.9 Å². The van der Waals surface area contributed by atoms with E-state index in [9.17, 15) is 9.59 Å². The topological polar surface area (TPSA) is 68.3 Å². The molecule has 0 aliphatic rings. The molecular weight excluding hydrogens is 328 g/mol. The van der Waals surface area contributed by atoms with Gasteiger partial charge in [0.1, 0.15) is 5.60 Å². The number of rotatable bonds is 5. The quantitative estimate of drug-likeness (QED) is 0.549. The first kappa shape index (κ1) is 22.9. The highest BCUT2D eigenvalue weighted by Gasteiger charge is 2.38. The molecule has 0 saturated carbocycles. The van der Waals surface area contributed by atoms with Gasteiger partial charge in [0.05, 0.1) is 20.3 Å². The molecular formula is C16H34N2O5Si. The summed E-state index contributed by atoms with van der Waals surface area (Å²) < 4.78 is 11.4. The van der Waals surface area contributed by atoms with Gasteiger partial charge in [-0.3, -0.25) is 4.84 Å². The van der Waals surface area contributed by atoms with Gasteiger partial charge < -0.3 is 9.16 Å². The Morgan fingerprint density at radius 3 is 1.92 bits per heavy atom. The van der Waals surface area contributed by atoms with E-state index in [-0.39, 0.29) is 18.2 Å². The fourth-order valence-electron chi connectivity index (χ4n) is 1.44. The molecule has 0 spiro atoms. The van der Waals surface area contributed by atoms with Crippen LogP contribution in [0.15, 0.2) is 0 Å². The third kappa shape index (κ3) is 7.19. The number of ether oxygens (including phenoxy) is 1. The van der Waals surface area contributed by atoms with Crippen molar-refractivity contribution >= 4 is 20.4 Å². The van der Waals surface area contributed by atoms with E-state index in [0.717, 1.165) is 9.96 Å². The van der Waals surface area contributed by atoms with Crippen LogP contribution in [0, 0.1) is 0 Å². The molecule has 0 aliphatic carbocycles. The van der Waals surface area contributed by atoms with Gasteiger partial charge in [0, 0.05) is 7.05 Å². The smallest absolute Gasteiger partial charge is 0.418 e. The molecule has 3 amide bonds. The van der Waals surface area contributed by atoms with Gasteiger partial charge in [-0.2, -0.15) is 0 Å². The lowest BCUT2D eigenvalue weighted by atomic mass is 10.2. The van der Waals surface area contributed by atoms with Crippen molar-refractivity contribution in [1.82, 2.24) is 9.96 Å². The summed E-state index contributed by atoms with van der Waals surface area (Å²) in [6, 6.07) is -0.592. The van der Waals surface area contributed by atoms with E-state index in [4.69, 9.17) is 14.0 Å². The van der Waals surface area contributed by atoms with Gasteiger partial charge in [-0.25, -0.2) is 19.6 Å². The zero-order valence-electron chi connectivity index (χ0n) is 16.8. The Labute approximate surface area is 147 Å². The zero-order valence-corrected chi connectivity index (χ0v) is 17.8. The summed E-state index contributed by atoms with van der Waals surface area (Å²) in [4.78, 5) is 30.5. The van der Waals surface area contributed by atoms with Crippen LogP contribution in [0.4, 0.5) is 9.59 Å². The van der Waals surface area contributed by atoms with Crippen LogP contribution >= 0.6 is 0 Å². The number of nitrogens with zero attached hydrogens (tertiary/aromatic N) is 2. The third-order valence-corrected chi connectivity index (χ3v) is 8.51. The number of carbonyl (C=O) groups excluding carboxylic acids is 2. The van der Waals surface area contributed by atoms with E-state index >= 15 is 0 Å². The molecule has 0 fully saturated rings. The number of amides is 3. The van der Waals surface area contributed by atoms with Gasteiger partial charge in [0.2, 0.25) is 0 Å². The molecule has 0 saturated heterocycles. The van der Waals surface area contributed by atoms with Gasteiger partial charge in [-0.1, -0.05) is 20.8 Å². The highest BCUT2D eigenvalue weighted by atomic mass is 28.4. The molecule has 0 N–H and O–H groups in total. The highest BCUT2D eigenvalue weighted by molar-refractivity contribution is 6.74. The second-order valence-corrected chi connectivity index (χ2v) is 13.0. The van der Waals surface area contributed by atoms with Crippen molar-refractivity contribution < 1.29 is 23.6 Å². The molecule has 0 bridgehead atoms. The molecule has 0 aliphatic heterocycles. The van der Waals surface area contributed by atoms with E-state index in [1.807, 2.05) is 0 Å². The Balaban J connectivity index is 5.03. The average molecular weight is 363 g/mol. The van der Waals surface area contributed by atoms with Crippen LogP contribution in [0.1, 0.15) is 41.5 Å². The molecule has 142 valence electrons. The summed E-state index contributed by atoms with van der Waals surface area (Å²) >= 11 is 0. The molecule has 0 rings (SSSR count). The van der Waals surface area contributed by atoms with E-state index < -0.39 is 26.0 Å². The fourth-order valence-corrected chi connectivity index (χ4v) is 2.47. The largest absolute Gasteiger partial charge is 0.443 e. The van der Waals surface area contributed by atoms with Crippen LogP contribution in [0.3, 0.4) is 0 Å². The van der Waals surface area contributed by atoms with E-state index in [1.165, 1.54) is 14.2 Å². The number of imide groups is 1. The summed E-state index contributed by atoms with van der Waals surface area (Å²) in [6.45, 7) is 16.3. The van der Waals surface area contributed by atoms with Crippen LogP contribution < -0.4 is 0 Å².